The third kappa shape index (κ3) is 4.46. The van der Waals surface area contributed by atoms with Crippen LogP contribution < -0.4 is 5.32 Å². The molecule has 7 heteroatoms. The zero-order chi connectivity index (χ0) is 20.2. The molecule has 0 aliphatic heterocycles. The molecule has 0 aliphatic rings. The van der Waals surface area contributed by atoms with Crippen LogP contribution in [0.4, 0.5) is 5.69 Å². The molecular formula is C22H20N4OS2. The topological polar surface area (TPSA) is 67.8 Å². The minimum atomic E-state index is -0.0757. The van der Waals surface area contributed by atoms with E-state index in [1.807, 2.05) is 61.5 Å². The van der Waals surface area contributed by atoms with Gasteiger partial charge in [-0.15, -0.1) is 21.5 Å². The number of amides is 1. The summed E-state index contributed by atoms with van der Waals surface area (Å²) in [6.07, 6.45) is 0.977. The first-order valence-corrected chi connectivity index (χ1v) is 11.1. The fourth-order valence-electron chi connectivity index (χ4n) is 2.96. The highest BCUT2D eigenvalue weighted by atomic mass is 32.2. The smallest absolute Gasteiger partial charge is 0.234 e. The third-order valence-electron chi connectivity index (χ3n) is 4.43. The molecule has 0 unspecified atom stereocenters. The second-order valence-electron chi connectivity index (χ2n) is 6.52. The summed E-state index contributed by atoms with van der Waals surface area (Å²) < 4.78 is 1.00. The Morgan fingerprint density at radius 3 is 2.55 bits per heavy atom. The van der Waals surface area contributed by atoms with Gasteiger partial charge in [0.15, 0.2) is 0 Å². The maximum atomic E-state index is 12.4. The Kier molecular flexibility index (Phi) is 5.87. The van der Waals surface area contributed by atoms with Crippen LogP contribution in [-0.4, -0.2) is 26.8 Å². The first-order chi connectivity index (χ1) is 14.1. The average molecular weight is 421 g/mol. The molecule has 4 aromatic rings. The Morgan fingerprint density at radius 1 is 1.07 bits per heavy atom. The van der Waals surface area contributed by atoms with Crippen molar-refractivity contribution in [1.82, 2.24) is 15.2 Å². The second kappa shape index (κ2) is 8.71. The molecule has 2 aromatic carbocycles. The highest BCUT2D eigenvalue weighted by molar-refractivity contribution is 8.00. The monoisotopic (exact) mass is 420 g/mol. The zero-order valence-corrected chi connectivity index (χ0v) is 17.8. The number of aromatic nitrogens is 3. The fraction of sp³-hybridized carbons (Fsp3) is 0.182. The molecule has 0 saturated carbocycles. The van der Waals surface area contributed by atoms with Gasteiger partial charge in [-0.3, -0.25) is 4.79 Å². The molecule has 0 aliphatic carbocycles. The summed E-state index contributed by atoms with van der Waals surface area (Å²) in [5.41, 5.74) is 4.70. The van der Waals surface area contributed by atoms with E-state index in [2.05, 4.69) is 27.4 Å². The van der Waals surface area contributed by atoms with Gasteiger partial charge in [-0.25, -0.2) is 4.98 Å². The van der Waals surface area contributed by atoms with Crippen LogP contribution in [0, 0.1) is 6.92 Å². The number of thiazole rings is 1. The Bertz CT molecular complexity index is 1140. The van der Waals surface area contributed by atoms with Gasteiger partial charge in [0, 0.05) is 11.3 Å². The summed E-state index contributed by atoms with van der Waals surface area (Å²) in [5.74, 6) is 0.175. The quantitative estimate of drug-likeness (QED) is 0.426. The number of rotatable bonds is 6. The number of aryl methyl sites for hydroxylation is 2. The van der Waals surface area contributed by atoms with Gasteiger partial charge in [-0.1, -0.05) is 61.2 Å². The summed E-state index contributed by atoms with van der Waals surface area (Å²) in [7, 11) is 0. The second-order valence-corrected chi connectivity index (χ2v) is 8.68. The van der Waals surface area contributed by atoms with Crippen LogP contribution in [0.1, 0.15) is 17.5 Å². The zero-order valence-electron chi connectivity index (χ0n) is 16.2. The van der Waals surface area contributed by atoms with E-state index in [9.17, 15) is 4.79 Å². The van der Waals surface area contributed by atoms with Crippen molar-refractivity contribution in [3.63, 3.8) is 0 Å². The molecule has 29 heavy (non-hydrogen) atoms. The van der Waals surface area contributed by atoms with Crippen LogP contribution in [0.5, 0.6) is 0 Å². The number of carbonyl (C=O) groups excluding carboxylic acids is 1. The first-order valence-electron chi connectivity index (χ1n) is 9.35. The van der Waals surface area contributed by atoms with E-state index in [0.717, 1.165) is 38.6 Å². The van der Waals surface area contributed by atoms with Gasteiger partial charge in [-0.05, 0) is 31.0 Å². The summed E-state index contributed by atoms with van der Waals surface area (Å²) in [6, 6.07) is 17.9. The van der Waals surface area contributed by atoms with Gasteiger partial charge in [-0.2, -0.15) is 0 Å². The van der Waals surface area contributed by atoms with Crippen molar-refractivity contribution in [3.8, 4) is 11.3 Å². The van der Waals surface area contributed by atoms with Crippen LogP contribution >= 0.6 is 23.1 Å². The Hall–Kier alpha value is -2.77. The van der Waals surface area contributed by atoms with Crippen molar-refractivity contribution in [3.05, 3.63) is 65.2 Å². The molecule has 0 radical (unpaired) electrons. The molecule has 146 valence electrons. The molecule has 5 nitrogen and oxygen atoms in total. The number of hydrogen-bond acceptors (Lipinski definition) is 6. The van der Waals surface area contributed by atoms with Crippen LogP contribution in [0.2, 0.25) is 0 Å². The van der Waals surface area contributed by atoms with Gasteiger partial charge in [0.25, 0.3) is 0 Å². The standard InChI is InChI=1S/C22H20N4OS2/c1-3-15-9-11-17(12-10-15)24-18(27)13-28-22-20-21(29-14(2)23-20)19(25-26-22)16-7-5-4-6-8-16/h4-12H,3,13H2,1-2H3,(H,24,27). The number of hydrogen-bond donors (Lipinski definition) is 1. The summed E-state index contributed by atoms with van der Waals surface area (Å²) in [5, 5.41) is 13.4. The van der Waals surface area contributed by atoms with Gasteiger partial charge < -0.3 is 5.32 Å². The van der Waals surface area contributed by atoms with Gasteiger partial charge >= 0.3 is 0 Å². The van der Waals surface area contributed by atoms with E-state index in [0.29, 0.717) is 5.03 Å². The lowest BCUT2D eigenvalue weighted by atomic mass is 10.1. The highest BCUT2D eigenvalue weighted by Crippen LogP contribution is 2.35. The Labute approximate surface area is 177 Å². The molecule has 0 fully saturated rings. The predicted octanol–water partition coefficient (Wildman–Crippen LogP) is 5.35. The SMILES string of the molecule is CCc1ccc(NC(=O)CSc2nnc(-c3ccccc3)c3sc(C)nc23)cc1. The number of thioether (sulfide) groups is 1. The highest BCUT2D eigenvalue weighted by Gasteiger charge is 2.16. The molecule has 2 aromatic heterocycles. The molecule has 0 bridgehead atoms. The molecule has 0 saturated heterocycles. The van der Waals surface area contributed by atoms with Crippen molar-refractivity contribution in [2.24, 2.45) is 0 Å². The van der Waals surface area contributed by atoms with Crippen molar-refractivity contribution in [2.45, 2.75) is 25.3 Å². The van der Waals surface area contributed by atoms with Gasteiger partial charge in [0.2, 0.25) is 5.91 Å². The molecule has 2 heterocycles. The number of anilines is 1. The predicted molar refractivity (Wildman–Crippen MR) is 121 cm³/mol. The lowest BCUT2D eigenvalue weighted by Gasteiger charge is -2.07. The number of carbonyl (C=O) groups is 1. The Balaban J connectivity index is 1.51. The number of fused-ring (bicyclic) bond motifs is 1. The molecule has 1 amide bonds. The van der Waals surface area contributed by atoms with Crippen LogP contribution in [-0.2, 0) is 11.2 Å². The van der Waals surface area contributed by atoms with Gasteiger partial charge in [0.1, 0.15) is 16.2 Å². The van der Waals surface area contributed by atoms with E-state index < -0.39 is 0 Å². The molecular weight excluding hydrogens is 400 g/mol. The van der Waals surface area contributed by atoms with Crippen LogP contribution in [0.15, 0.2) is 59.6 Å². The molecule has 1 N–H and O–H groups in total. The summed E-state index contributed by atoms with van der Waals surface area (Å²) in [4.78, 5) is 17.0. The van der Waals surface area contributed by atoms with E-state index in [4.69, 9.17) is 0 Å². The lowest BCUT2D eigenvalue weighted by Crippen LogP contribution is -2.14. The first kappa shape index (κ1) is 19.5. The number of nitrogens with one attached hydrogen (secondary N) is 1. The van der Waals surface area contributed by atoms with Crippen molar-refractivity contribution in [2.75, 3.05) is 11.1 Å². The van der Waals surface area contributed by atoms with Crippen LogP contribution in [0.3, 0.4) is 0 Å². The average Bonchev–Trinajstić information content (AvgIpc) is 3.14. The van der Waals surface area contributed by atoms with Crippen molar-refractivity contribution >= 4 is 44.9 Å². The lowest BCUT2D eigenvalue weighted by molar-refractivity contribution is -0.113. The number of benzene rings is 2. The van der Waals surface area contributed by atoms with Crippen LogP contribution in [0.25, 0.3) is 21.5 Å². The minimum absolute atomic E-state index is 0.0757. The maximum Gasteiger partial charge on any atom is 0.234 e. The molecule has 0 spiro atoms. The number of nitrogens with zero attached hydrogens (tertiary/aromatic N) is 3. The normalized spacial score (nSPS) is 11.0. The summed E-state index contributed by atoms with van der Waals surface area (Å²) >= 11 is 2.96. The van der Waals surface area contributed by atoms with Crippen molar-refractivity contribution < 1.29 is 4.79 Å². The van der Waals surface area contributed by atoms with E-state index in [-0.39, 0.29) is 11.7 Å². The summed E-state index contributed by atoms with van der Waals surface area (Å²) in [6.45, 7) is 4.08. The van der Waals surface area contributed by atoms with Crippen molar-refractivity contribution in [1.29, 1.82) is 0 Å². The maximum absolute atomic E-state index is 12.4. The third-order valence-corrected chi connectivity index (χ3v) is 6.36. The van der Waals surface area contributed by atoms with Gasteiger partial charge in [0.05, 0.1) is 15.5 Å². The van der Waals surface area contributed by atoms with E-state index in [1.165, 1.54) is 17.3 Å². The molecule has 4 rings (SSSR count). The molecule has 0 atom stereocenters. The Morgan fingerprint density at radius 2 is 1.83 bits per heavy atom. The largest absolute Gasteiger partial charge is 0.325 e. The fourth-order valence-corrected chi connectivity index (χ4v) is 4.67. The minimum Gasteiger partial charge on any atom is -0.325 e. The van der Waals surface area contributed by atoms with E-state index in [1.54, 1.807) is 11.3 Å². The van der Waals surface area contributed by atoms with E-state index >= 15 is 0 Å².